The molecule has 0 aromatic heterocycles. The lowest BCUT2D eigenvalue weighted by Crippen LogP contribution is -2.38. The first-order chi connectivity index (χ1) is 9.48. The summed E-state index contributed by atoms with van der Waals surface area (Å²) in [5.41, 5.74) is 1.03. The zero-order valence-corrected chi connectivity index (χ0v) is 13.3. The van der Waals surface area contributed by atoms with Crippen LogP contribution in [0.25, 0.3) is 0 Å². The summed E-state index contributed by atoms with van der Waals surface area (Å²) in [5.74, 6) is 5.71. The van der Waals surface area contributed by atoms with Crippen molar-refractivity contribution in [2.75, 3.05) is 6.54 Å². The second-order valence-corrected chi connectivity index (χ2v) is 7.09. The predicted octanol–water partition coefficient (Wildman–Crippen LogP) is 3.22. The molecule has 0 saturated carbocycles. The average molecular weight is 298 g/mol. The van der Waals surface area contributed by atoms with Crippen LogP contribution in [0.2, 0.25) is 0 Å². The lowest BCUT2D eigenvalue weighted by atomic mass is 10.1. The van der Waals surface area contributed by atoms with E-state index in [2.05, 4.69) is 6.92 Å². The molecule has 0 radical (unpaired) electrons. The third-order valence-corrected chi connectivity index (χ3v) is 5.03. The van der Waals surface area contributed by atoms with Gasteiger partial charge in [-0.2, -0.15) is 0 Å². The Labute approximate surface area is 123 Å². The number of unbranched alkanes of at least 4 members (excludes halogenated alkanes) is 5. The van der Waals surface area contributed by atoms with Gasteiger partial charge < -0.3 is 0 Å². The minimum atomic E-state index is -3.54. The number of sulfonamides is 1. The number of hydrogen-bond acceptors (Lipinski definition) is 3. The smallest absolute Gasteiger partial charge is 0.255 e. The van der Waals surface area contributed by atoms with Gasteiger partial charge in [-0.15, -0.1) is 4.41 Å². The van der Waals surface area contributed by atoms with Gasteiger partial charge in [-0.05, 0) is 25.5 Å². The topological polar surface area (TPSA) is 63.4 Å². The summed E-state index contributed by atoms with van der Waals surface area (Å²) in [6, 6.07) is 6.77. The normalized spacial score (nSPS) is 12.0. The summed E-state index contributed by atoms with van der Waals surface area (Å²) in [6.45, 7) is 4.48. The lowest BCUT2D eigenvalue weighted by molar-refractivity contribution is 0.409. The summed E-state index contributed by atoms with van der Waals surface area (Å²) in [7, 11) is -3.54. The van der Waals surface area contributed by atoms with E-state index in [1.165, 1.54) is 19.3 Å². The maximum absolute atomic E-state index is 12.2. The molecule has 0 atom stereocenters. The summed E-state index contributed by atoms with van der Waals surface area (Å²) in [4.78, 5) is 0.261. The highest BCUT2D eigenvalue weighted by molar-refractivity contribution is 7.89. The van der Waals surface area contributed by atoms with E-state index in [4.69, 9.17) is 5.84 Å². The molecule has 114 valence electrons. The number of rotatable bonds is 9. The Morgan fingerprint density at radius 1 is 1.00 bits per heavy atom. The number of nitrogens with zero attached hydrogens (tertiary/aromatic N) is 1. The molecule has 1 rings (SSSR count). The molecule has 0 heterocycles. The van der Waals surface area contributed by atoms with Crippen LogP contribution >= 0.6 is 0 Å². The van der Waals surface area contributed by atoms with Crippen LogP contribution in [0.1, 0.15) is 51.0 Å². The van der Waals surface area contributed by atoms with Gasteiger partial charge in [-0.3, -0.25) is 5.84 Å². The van der Waals surface area contributed by atoms with Crippen molar-refractivity contribution >= 4 is 10.0 Å². The average Bonchev–Trinajstić information content (AvgIpc) is 2.43. The van der Waals surface area contributed by atoms with Crippen molar-refractivity contribution in [1.82, 2.24) is 4.41 Å². The third-order valence-electron chi connectivity index (χ3n) is 3.36. The van der Waals surface area contributed by atoms with Gasteiger partial charge in [0.05, 0.1) is 4.90 Å². The van der Waals surface area contributed by atoms with Crippen molar-refractivity contribution in [1.29, 1.82) is 0 Å². The number of nitrogens with two attached hydrogens (primary N) is 1. The van der Waals surface area contributed by atoms with Gasteiger partial charge in [-0.1, -0.05) is 56.7 Å². The van der Waals surface area contributed by atoms with Crippen molar-refractivity contribution in [2.24, 2.45) is 5.84 Å². The molecule has 0 spiro atoms. The molecule has 0 bridgehead atoms. The molecule has 2 N–H and O–H groups in total. The fourth-order valence-electron chi connectivity index (χ4n) is 2.01. The van der Waals surface area contributed by atoms with Crippen LogP contribution in [0.5, 0.6) is 0 Å². The molecule has 1 aromatic carbocycles. The lowest BCUT2D eigenvalue weighted by Gasteiger charge is -2.16. The first kappa shape index (κ1) is 17.1. The van der Waals surface area contributed by atoms with Crippen LogP contribution in [-0.4, -0.2) is 19.4 Å². The van der Waals surface area contributed by atoms with Gasteiger partial charge in [0.15, 0.2) is 0 Å². The Hall–Kier alpha value is -0.910. The predicted molar refractivity (Wildman–Crippen MR) is 82.6 cm³/mol. The highest BCUT2D eigenvalue weighted by Gasteiger charge is 2.20. The standard InChI is InChI=1S/C15H26N2O2S/c1-3-4-5-6-7-8-13-17(16)20(18,19)15-11-9-14(2)10-12-15/h9-12H,3-8,13,16H2,1-2H3. The monoisotopic (exact) mass is 298 g/mol. The van der Waals surface area contributed by atoms with E-state index in [1.807, 2.05) is 6.92 Å². The Morgan fingerprint density at radius 2 is 1.55 bits per heavy atom. The summed E-state index contributed by atoms with van der Waals surface area (Å²) in [6.07, 6.45) is 6.65. The molecule has 1 aromatic rings. The van der Waals surface area contributed by atoms with Crippen molar-refractivity contribution in [3.63, 3.8) is 0 Å². The van der Waals surface area contributed by atoms with Gasteiger partial charge in [-0.25, -0.2) is 8.42 Å². The third kappa shape index (κ3) is 5.23. The number of hydrazine groups is 1. The molecule has 0 saturated heterocycles. The van der Waals surface area contributed by atoms with Crippen LogP contribution in [0.15, 0.2) is 29.2 Å². The Kier molecular flexibility index (Phi) is 7.19. The van der Waals surface area contributed by atoms with Crippen LogP contribution in [0.3, 0.4) is 0 Å². The molecular formula is C15H26N2O2S. The second kappa shape index (κ2) is 8.39. The Balaban J connectivity index is 2.45. The SMILES string of the molecule is CCCCCCCCN(N)S(=O)(=O)c1ccc(C)cc1. The van der Waals surface area contributed by atoms with Gasteiger partial charge in [0, 0.05) is 6.54 Å². The molecule has 4 nitrogen and oxygen atoms in total. The Bertz CT molecular complexity index is 483. The first-order valence-corrected chi connectivity index (χ1v) is 8.76. The van der Waals surface area contributed by atoms with E-state index in [-0.39, 0.29) is 4.90 Å². The van der Waals surface area contributed by atoms with E-state index in [1.54, 1.807) is 24.3 Å². The zero-order chi connectivity index (χ0) is 15.0. The minimum absolute atomic E-state index is 0.261. The number of aryl methyl sites for hydroxylation is 1. The fraction of sp³-hybridized carbons (Fsp3) is 0.600. The van der Waals surface area contributed by atoms with Gasteiger partial charge >= 0.3 is 0 Å². The van der Waals surface area contributed by atoms with Crippen molar-refractivity contribution in [3.05, 3.63) is 29.8 Å². The van der Waals surface area contributed by atoms with E-state index in [9.17, 15) is 8.42 Å². The fourth-order valence-corrected chi connectivity index (χ4v) is 3.13. The molecule has 0 fully saturated rings. The van der Waals surface area contributed by atoms with Crippen molar-refractivity contribution < 1.29 is 8.42 Å². The first-order valence-electron chi connectivity index (χ1n) is 7.32. The van der Waals surface area contributed by atoms with Crippen LogP contribution < -0.4 is 5.84 Å². The van der Waals surface area contributed by atoms with E-state index < -0.39 is 10.0 Å². The molecule has 5 heteroatoms. The van der Waals surface area contributed by atoms with Crippen molar-refractivity contribution in [2.45, 2.75) is 57.3 Å². The van der Waals surface area contributed by atoms with E-state index in [0.717, 1.165) is 29.2 Å². The molecule has 0 aliphatic heterocycles. The van der Waals surface area contributed by atoms with Gasteiger partial charge in [0.2, 0.25) is 0 Å². The quantitative estimate of drug-likeness (QED) is 0.432. The molecule has 0 unspecified atom stereocenters. The largest absolute Gasteiger partial charge is 0.255 e. The molecular weight excluding hydrogens is 272 g/mol. The Morgan fingerprint density at radius 3 is 2.15 bits per heavy atom. The van der Waals surface area contributed by atoms with Crippen LogP contribution in [-0.2, 0) is 10.0 Å². The summed E-state index contributed by atoms with van der Waals surface area (Å²) < 4.78 is 25.4. The zero-order valence-electron chi connectivity index (χ0n) is 12.5. The summed E-state index contributed by atoms with van der Waals surface area (Å²) in [5, 5.41) is 0. The highest BCUT2D eigenvalue weighted by Crippen LogP contribution is 2.15. The van der Waals surface area contributed by atoms with Crippen LogP contribution in [0, 0.1) is 6.92 Å². The highest BCUT2D eigenvalue weighted by atomic mass is 32.2. The van der Waals surface area contributed by atoms with Gasteiger partial charge in [0.1, 0.15) is 0 Å². The maximum Gasteiger partial charge on any atom is 0.255 e. The van der Waals surface area contributed by atoms with Gasteiger partial charge in [0.25, 0.3) is 10.0 Å². The maximum atomic E-state index is 12.2. The van der Waals surface area contributed by atoms with E-state index >= 15 is 0 Å². The number of hydrogen-bond donors (Lipinski definition) is 1. The second-order valence-electron chi connectivity index (χ2n) is 5.20. The summed E-state index contributed by atoms with van der Waals surface area (Å²) >= 11 is 0. The van der Waals surface area contributed by atoms with Crippen molar-refractivity contribution in [3.8, 4) is 0 Å². The van der Waals surface area contributed by atoms with E-state index in [0.29, 0.717) is 6.54 Å². The molecule has 0 aliphatic carbocycles. The number of benzene rings is 1. The van der Waals surface area contributed by atoms with Crippen LogP contribution in [0.4, 0.5) is 0 Å². The molecule has 0 amide bonds. The molecule has 20 heavy (non-hydrogen) atoms. The minimum Gasteiger partial charge on any atom is -0.255 e. The molecule has 0 aliphatic rings.